The molecule has 0 atom stereocenters. The van der Waals surface area contributed by atoms with Crippen molar-refractivity contribution in [2.75, 3.05) is 36.8 Å². The summed E-state index contributed by atoms with van der Waals surface area (Å²) in [5, 5.41) is 0. The van der Waals surface area contributed by atoms with E-state index in [2.05, 4.69) is 4.98 Å². The highest BCUT2D eigenvalue weighted by Gasteiger charge is 2.37. The van der Waals surface area contributed by atoms with Crippen LogP contribution in [0.3, 0.4) is 0 Å². The molecular weight excluding hydrogens is 367 g/mol. The zero-order valence-corrected chi connectivity index (χ0v) is 14.9. The first-order valence-electron chi connectivity index (χ1n) is 8.38. The first kappa shape index (κ1) is 18.9. The Bertz CT molecular complexity index is 811. The normalized spacial score (nSPS) is 19.5. The van der Waals surface area contributed by atoms with Crippen LogP contribution in [0.25, 0.3) is 0 Å². The van der Waals surface area contributed by atoms with Gasteiger partial charge in [-0.2, -0.15) is 17.5 Å². The largest absolute Gasteiger partial charge is 0.419 e. The number of rotatable bonds is 4. The summed E-state index contributed by atoms with van der Waals surface area (Å²) in [6, 6.07) is 2.24. The molecular formula is C17H20F3N3O2S. The summed E-state index contributed by atoms with van der Waals surface area (Å²) < 4.78 is 65.9. The fraction of sp³-hybridized carbons (Fsp3) is 0.471. The predicted molar refractivity (Wildman–Crippen MR) is 93.3 cm³/mol. The zero-order valence-electron chi connectivity index (χ0n) is 14.1. The van der Waals surface area contributed by atoms with Crippen LogP contribution in [0.5, 0.6) is 0 Å². The third-order valence-corrected chi connectivity index (χ3v) is 6.29. The summed E-state index contributed by atoms with van der Waals surface area (Å²) in [6.45, 7) is 0.642. The van der Waals surface area contributed by atoms with Crippen molar-refractivity contribution in [3.05, 3.63) is 47.7 Å². The van der Waals surface area contributed by atoms with Crippen LogP contribution in [0.15, 0.2) is 42.1 Å². The molecule has 0 saturated carbocycles. The van der Waals surface area contributed by atoms with E-state index in [9.17, 15) is 21.6 Å². The van der Waals surface area contributed by atoms with Gasteiger partial charge in [0.25, 0.3) is 0 Å². The number of hydrogen-bond acceptors (Lipinski definition) is 4. The molecule has 1 fully saturated rings. The maximum absolute atomic E-state index is 13.1. The second-order valence-electron chi connectivity index (χ2n) is 6.27. The average molecular weight is 387 g/mol. The molecule has 0 N–H and O–H groups in total. The van der Waals surface area contributed by atoms with Gasteiger partial charge in [-0.1, -0.05) is 18.2 Å². The highest BCUT2D eigenvalue weighted by Crippen LogP contribution is 2.35. The Morgan fingerprint density at radius 3 is 2.46 bits per heavy atom. The highest BCUT2D eigenvalue weighted by atomic mass is 32.2. The van der Waals surface area contributed by atoms with Crippen molar-refractivity contribution < 1.29 is 21.6 Å². The molecule has 0 unspecified atom stereocenters. The summed E-state index contributed by atoms with van der Waals surface area (Å²) in [5.41, 5.74) is -0.0310. The Hall–Kier alpha value is -1.87. The van der Waals surface area contributed by atoms with Crippen molar-refractivity contribution in [3.8, 4) is 0 Å². The molecule has 9 heteroatoms. The minimum atomic E-state index is -4.49. The van der Waals surface area contributed by atoms with Crippen molar-refractivity contribution in [1.82, 2.24) is 9.29 Å². The van der Waals surface area contributed by atoms with Crippen LogP contribution in [0.2, 0.25) is 0 Å². The van der Waals surface area contributed by atoms with E-state index in [4.69, 9.17) is 0 Å². The second kappa shape index (κ2) is 7.40. The third-order valence-electron chi connectivity index (χ3n) is 4.44. The van der Waals surface area contributed by atoms with Crippen LogP contribution in [-0.4, -0.2) is 49.6 Å². The first-order valence-corrected chi connectivity index (χ1v) is 9.99. The Labute approximate surface area is 150 Å². The van der Waals surface area contributed by atoms with Gasteiger partial charge < -0.3 is 4.90 Å². The van der Waals surface area contributed by atoms with Gasteiger partial charge in [-0.05, 0) is 30.5 Å². The molecule has 2 aliphatic rings. The molecule has 0 spiro atoms. The molecule has 2 heterocycles. The minimum absolute atomic E-state index is 0.0686. The molecule has 0 aromatic carbocycles. The Morgan fingerprint density at radius 1 is 1.12 bits per heavy atom. The molecule has 26 heavy (non-hydrogen) atoms. The number of alkyl halides is 3. The van der Waals surface area contributed by atoms with E-state index in [0.717, 1.165) is 24.5 Å². The number of piperazine rings is 1. The molecule has 0 bridgehead atoms. The minimum Gasteiger partial charge on any atom is -0.353 e. The number of pyridine rings is 1. The molecule has 142 valence electrons. The molecule has 1 saturated heterocycles. The third kappa shape index (κ3) is 4.27. The van der Waals surface area contributed by atoms with Crippen molar-refractivity contribution in [1.29, 1.82) is 0 Å². The Balaban J connectivity index is 1.68. The number of nitrogens with zero attached hydrogens (tertiary/aromatic N) is 3. The van der Waals surface area contributed by atoms with Crippen molar-refractivity contribution in [3.63, 3.8) is 0 Å². The van der Waals surface area contributed by atoms with Crippen LogP contribution < -0.4 is 4.90 Å². The number of hydrogen-bond donors (Lipinski definition) is 0. The van der Waals surface area contributed by atoms with Crippen LogP contribution in [0.4, 0.5) is 19.0 Å². The number of aromatic nitrogens is 1. The van der Waals surface area contributed by atoms with E-state index >= 15 is 0 Å². The van der Waals surface area contributed by atoms with Gasteiger partial charge >= 0.3 is 6.18 Å². The second-order valence-corrected chi connectivity index (χ2v) is 8.24. The van der Waals surface area contributed by atoms with Crippen molar-refractivity contribution in [2.24, 2.45) is 0 Å². The van der Waals surface area contributed by atoms with Gasteiger partial charge in [0.2, 0.25) is 10.0 Å². The molecule has 1 aromatic heterocycles. The molecule has 5 nitrogen and oxygen atoms in total. The fourth-order valence-corrected chi connectivity index (χ4v) is 4.66. The van der Waals surface area contributed by atoms with Gasteiger partial charge in [-0.3, -0.25) is 0 Å². The van der Waals surface area contributed by atoms with E-state index in [1.54, 1.807) is 0 Å². The van der Waals surface area contributed by atoms with Crippen LogP contribution in [0.1, 0.15) is 18.4 Å². The monoisotopic (exact) mass is 387 g/mol. The van der Waals surface area contributed by atoms with E-state index in [0.29, 0.717) is 0 Å². The Morgan fingerprint density at radius 2 is 1.85 bits per heavy atom. The van der Waals surface area contributed by atoms with Crippen molar-refractivity contribution >= 4 is 15.8 Å². The summed E-state index contributed by atoms with van der Waals surface area (Å²) in [5.74, 6) is -0.212. The maximum atomic E-state index is 13.1. The standard InChI is InChI=1S/C17H20F3N3O2S/c18-17(19,20)15-7-4-8-21-16(15)22-9-11-23(12-10-22)26(24,25)13-14-5-2-1-3-6-14/h2,4-8H,1,3,9-13H2. The van der Waals surface area contributed by atoms with Gasteiger partial charge in [0.15, 0.2) is 0 Å². The first-order chi connectivity index (χ1) is 12.3. The van der Waals surface area contributed by atoms with E-state index in [1.165, 1.54) is 21.5 Å². The van der Waals surface area contributed by atoms with Gasteiger partial charge in [0.1, 0.15) is 5.82 Å². The summed E-state index contributed by atoms with van der Waals surface area (Å²) in [6.07, 6.45) is 4.24. The molecule has 0 amide bonds. The predicted octanol–water partition coefficient (Wildman–Crippen LogP) is 2.83. The lowest BCUT2D eigenvalue weighted by Gasteiger charge is -2.35. The van der Waals surface area contributed by atoms with Gasteiger partial charge in [-0.15, -0.1) is 0 Å². The van der Waals surface area contributed by atoms with Crippen LogP contribution in [0, 0.1) is 0 Å². The Kier molecular flexibility index (Phi) is 5.38. The molecule has 1 aliphatic carbocycles. The molecule has 1 aromatic rings. The fourth-order valence-electron chi connectivity index (χ4n) is 3.12. The van der Waals surface area contributed by atoms with Gasteiger partial charge in [0.05, 0.1) is 11.3 Å². The number of sulfonamides is 1. The van der Waals surface area contributed by atoms with Gasteiger partial charge in [0, 0.05) is 32.4 Å². The lowest BCUT2D eigenvalue weighted by atomic mass is 10.1. The van der Waals surface area contributed by atoms with E-state index in [1.807, 2.05) is 18.2 Å². The van der Waals surface area contributed by atoms with E-state index < -0.39 is 21.8 Å². The number of allylic oxidation sites excluding steroid dienone is 3. The molecule has 1 aliphatic heterocycles. The van der Waals surface area contributed by atoms with Crippen molar-refractivity contribution in [2.45, 2.75) is 19.0 Å². The quantitative estimate of drug-likeness (QED) is 0.797. The lowest BCUT2D eigenvalue weighted by molar-refractivity contribution is -0.137. The summed E-state index contributed by atoms with van der Waals surface area (Å²) >= 11 is 0. The SMILES string of the molecule is O=S(=O)(CC1=CCCC=C1)N1CCN(c2ncccc2C(F)(F)F)CC1. The van der Waals surface area contributed by atoms with Crippen LogP contribution >= 0.6 is 0 Å². The number of halogens is 3. The summed E-state index contributed by atoms with van der Waals surface area (Å²) in [7, 11) is -3.48. The lowest BCUT2D eigenvalue weighted by Crippen LogP contribution is -2.50. The maximum Gasteiger partial charge on any atom is 0.419 e. The smallest absolute Gasteiger partial charge is 0.353 e. The van der Waals surface area contributed by atoms with Gasteiger partial charge in [-0.25, -0.2) is 13.4 Å². The van der Waals surface area contributed by atoms with Crippen LogP contribution in [-0.2, 0) is 16.2 Å². The van der Waals surface area contributed by atoms with E-state index in [-0.39, 0.29) is 37.7 Å². The highest BCUT2D eigenvalue weighted by molar-refractivity contribution is 7.89. The molecule has 3 rings (SSSR count). The topological polar surface area (TPSA) is 53.5 Å². The summed E-state index contributed by atoms with van der Waals surface area (Å²) in [4.78, 5) is 5.36. The molecule has 0 radical (unpaired) electrons. The zero-order chi connectivity index (χ0) is 18.8. The average Bonchev–Trinajstić information content (AvgIpc) is 2.62. The number of anilines is 1.